The van der Waals surface area contributed by atoms with E-state index >= 15 is 0 Å². The molecule has 4 nitrogen and oxygen atoms in total. The van der Waals surface area contributed by atoms with Gasteiger partial charge in [0.25, 0.3) is 5.91 Å². The molecule has 0 aliphatic carbocycles. The fourth-order valence-corrected chi connectivity index (χ4v) is 3.90. The first kappa shape index (κ1) is 16.5. The highest BCUT2D eigenvalue weighted by Crippen LogP contribution is 2.29. The fraction of sp³-hybridized carbons (Fsp3) is 0.100. The van der Waals surface area contributed by atoms with Crippen molar-refractivity contribution in [2.45, 2.75) is 13.5 Å². The molecule has 0 unspecified atom stereocenters. The van der Waals surface area contributed by atoms with Gasteiger partial charge in [-0.05, 0) is 36.8 Å². The Labute approximate surface area is 153 Å². The van der Waals surface area contributed by atoms with Crippen molar-refractivity contribution in [1.29, 1.82) is 0 Å². The van der Waals surface area contributed by atoms with Crippen LogP contribution in [0.2, 0.25) is 0 Å². The van der Waals surface area contributed by atoms with Crippen LogP contribution in [-0.2, 0) is 6.54 Å². The number of thiophene rings is 1. The van der Waals surface area contributed by atoms with E-state index in [-0.39, 0.29) is 11.7 Å². The Balaban J connectivity index is 1.63. The van der Waals surface area contributed by atoms with Gasteiger partial charge in [-0.25, -0.2) is 4.39 Å². The molecule has 0 saturated heterocycles. The molecule has 2 aromatic carbocycles. The molecular formula is C20H16FN3OS. The molecular weight excluding hydrogens is 349 g/mol. The van der Waals surface area contributed by atoms with Crippen molar-refractivity contribution in [1.82, 2.24) is 9.78 Å². The number of aryl methyl sites for hydroxylation is 1. The number of nitrogens with one attached hydrogen (secondary N) is 1. The van der Waals surface area contributed by atoms with E-state index in [1.165, 1.54) is 23.5 Å². The predicted molar refractivity (Wildman–Crippen MR) is 102 cm³/mol. The lowest BCUT2D eigenvalue weighted by Gasteiger charge is -2.04. The molecule has 2 aromatic heterocycles. The SMILES string of the molecule is Cc1nn(Cc2ccccc2)c2sc(C(=O)Nc3cccc(F)c3)cc12. The molecule has 130 valence electrons. The third-order valence-electron chi connectivity index (χ3n) is 4.09. The molecule has 2 heterocycles. The lowest BCUT2D eigenvalue weighted by Crippen LogP contribution is -2.10. The number of halogens is 1. The highest BCUT2D eigenvalue weighted by atomic mass is 32.1. The van der Waals surface area contributed by atoms with E-state index in [2.05, 4.69) is 10.4 Å². The summed E-state index contributed by atoms with van der Waals surface area (Å²) in [5.74, 6) is -0.629. The zero-order valence-corrected chi connectivity index (χ0v) is 14.9. The van der Waals surface area contributed by atoms with Gasteiger partial charge in [0.2, 0.25) is 0 Å². The maximum atomic E-state index is 13.3. The maximum Gasteiger partial charge on any atom is 0.265 e. The zero-order chi connectivity index (χ0) is 18.1. The van der Waals surface area contributed by atoms with Crippen LogP contribution < -0.4 is 5.32 Å². The number of aromatic nitrogens is 2. The van der Waals surface area contributed by atoms with Crippen LogP contribution >= 0.6 is 11.3 Å². The average molecular weight is 365 g/mol. The van der Waals surface area contributed by atoms with E-state index in [0.717, 1.165) is 21.5 Å². The Hall–Kier alpha value is -2.99. The second kappa shape index (κ2) is 6.72. The zero-order valence-electron chi connectivity index (χ0n) is 14.1. The molecule has 4 rings (SSSR count). The van der Waals surface area contributed by atoms with Crippen molar-refractivity contribution >= 4 is 33.1 Å². The van der Waals surface area contributed by atoms with Gasteiger partial charge in [0.1, 0.15) is 10.6 Å². The molecule has 0 radical (unpaired) electrons. The van der Waals surface area contributed by atoms with E-state index in [1.807, 2.05) is 48.0 Å². The number of carbonyl (C=O) groups excluding carboxylic acids is 1. The van der Waals surface area contributed by atoms with Gasteiger partial charge < -0.3 is 5.32 Å². The summed E-state index contributed by atoms with van der Waals surface area (Å²) in [6.45, 7) is 2.58. The first-order valence-electron chi connectivity index (χ1n) is 8.18. The van der Waals surface area contributed by atoms with E-state index < -0.39 is 0 Å². The molecule has 4 aromatic rings. The molecule has 0 aliphatic heterocycles. The number of anilines is 1. The quantitative estimate of drug-likeness (QED) is 0.562. The second-order valence-electron chi connectivity index (χ2n) is 6.02. The number of nitrogens with zero attached hydrogens (tertiary/aromatic N) is 2. The molecule has 0 aliphatic rings. The minimum Gasteiger partial charge on any atom is -0.321 e. The standard InChI is InChI=1S/C20H16FN3OS/c1-13-17-11-18(19(25)22-16-9-5-8-15(21)10-16)26-20(17)24(23-13)12-14-6-3-2-4-7-14/h2-11H,12H2,1H3,(H,22,25). The minimum absolute atomic E-state index is 0.248. The van der Waals surface area contributed by atoms with Crippen LogP contribution in [0.25, 0.3) is 10.2 Å². The van der Waals surface area contributed by atoms with Crippen molar-refractivity contribution in [3.63, 3.8) is 0 Å². The van der Waals surface area contributed by atoms with Gasteiger partial charge in [-0.15, -0.1) is 11.3 Å². The number of rotatable bonds is 4. The van der Waals surface area contributed by atoms with Crippen LogP contribution in [0.5, 0.6) is 0 Å². The first-order valence-corrected chi connectivity index (χ1v) is 8.99. The van der Waals surface area contributed by atoms with Crippen molar-refractivity contribution in [2.24, 2.45) is 0 Å². The molecule has 1 amide bonds. The van der Waals surface area contributed by atoms with E-state index in [9.17, 15) is 9.18 Å². The van der Waals surface area contributed by atoms with E-state index in [1.54, 1.807) is 12.1 Å². The van der Waals surface area contributed by atoms with Gasteiger partial charge >= 0.3 is 0 Å². The summed E-state index contributed by atoms with van der Waals surface area (Å²) in [7, 11) is 0. The Kier molecular flexibility index (Phi) is 4.26. The van der Waals surface area contributed by atoms with Crippen molar-refractivity contribution in [2.75, 3.05) is 5.32 Å². The summed E-state index contributed by atoms with van der Waals surface area (Å²) >= 11 is 1.39. The first-order chi connectivity index (χ1) is 12.6. The summed E-state index contributed by atoms with van der Waals surface area (Å²) in [5, 5.41) is 8.29. The second-order valence-corrected chi connectivity index (χ2v) is 7.05. The Morgan fingerprint density at radius 1 is 1.15 bits per heavy atom. The van der Waals surface area contributed by atoms with E-state index in [4.69, 9.17) is 0 Å². The largest absolute Gasteiger partial charge is 0.321 e. The van der Waals surface area contributed by atoms with Crippen molar-refractivity contribution < 1.29 is 9.18 Å². The normalized spacial score (nSPS) is 11.0. The number of carbonyl (C=O) groups is 1. The smallest absolute Gasteiger partial charge is 0.265 e. The van der Waals surface area contributed by atoms with Crippen molar-refractivity contribution in [3.05, 3.63) is 82.6 Å². The highest BCUT2D eigenvalue weighted by molar-refractivity contribution is 7.20. The topological polar surface area (TPSA) is 46.9 Å². The van der Waals surface area contributed by atoms with Crippen LogP contribution in [0.1, 0.15) is 20.9 Å². The summed E-state index contributed by atoms with van der Waals surface area (Å²) < 4.78 is 15.2. The molecule has 0 atom stereocenters. The third kappa shape index (κ3) is 3.23. The Morgan fingerprint density at radius 3 is 2.73 bits per heavy atom. The summed E-state index contributed by atoms with van der Waals surface area (Å²) in [6, 6.07) is 17.8. The number of hydrogen-bond donors (Lipinski definition) is 1. The third-order valence-corrected chi connectivity index (χ3v) is 5.24. The Bertz CT molecular complexity index is 1090. The molecule has 0 saturated carbocycles. The monoisotopic (exact) mass is 365 g/mol. The number of amides is 1. The van der Waals surface area contributed by atoms with Gasteiger partial charge in [0.15, 0.2) is 0 Å². The van der Waals surface area contributed by atoms with Gasteiger partial charge in [-0.2, -0.15) is 5.10 Å². The molecule has 26 heavy (non-hydrogen) atoms. The van der Waals surface area contributed by atoms with E-state index in [0.29, 0.717) is 17.1 Å². The summed E-state index contributed by atoms with van der Waals surface area (Å²) in [4.78, 5) is 14.1. The summed E-state index contributed by atoms with van der Waals surface area (Å²) in [5.41, 5.74) is 2.48. The van der Waals surface area contributed by atoms with Gasteiger partial charge in [-0.1, -0.05) is 36.4 Å². The molecule has 0 spiro atoms. The van der Waals surface area contributed by atoms with Crippen molar-refractivity contribution in [3.8, 4) is 0 Å². The molecule has 0 bridgehead atoms. The molecule has 0 fully saturated rings. The van der Waals surface area contributed by atoms with Gasteiger partial charge in [-0.3, -0.25) is 9.48 Å². The average Bonchev–Trinajstić information content (AvgIpc) is 3.18. The lowest BCUT2D eigenvalue weighted by molar-refractivity contribution is 0.103. The lowest BCUT2D eigenvalue weighted by atomic mass is 10.2. The number of hydrogen-bond acceptors (Lipinski definition) is 3. The van der Waals surface area contributed by atoms with Gasteiger partial charge in [0, 0.05) is 11.1 Å². The van der Waals surface area contributed by atoms with Crippen LogP contribution in [0.3, 0.4) is 0 Å². The van der Waals surface area contributed by atoms with Gasteiger partial charge in [0.05, 0.1) is 17.1 Å². The molecule has 6 heteroatoms. The summed E-state index contributed by atoms with van der Waals surface area (Å²) in [6.07, 6.45) is 0. The number of fused-ring (bicyclic) bond motifs is 1. The van der Waals surface area contributed by atoms with Crippen LogP contribution in [-0.4, -0.2) is 15.7 Å². The highest BCUT2D eigenvalue weighted by Gasteiger charge is 2.16. The van der Waals surface area contributed by atoms with Crippen LogP contribution in [0.15, 0.2) is 60.7 Å². The fourth-order valence-electron chi connectivity index (χ4n) is 2.85. The molecule has 1 N–H and O–H groups in total. The number of benzene rings is 2. The Morgan fingerprint density at radius 2 is 1.96 bits per heavy atom. The predicted octanol–water partition coefficient (Wildman–Crippen LogP) is 4.85. The van der Waals surface area contributed by atoms with Crippen LogP contribution in [0, 0.1) is 12.7 Å². The maximum absolute atomic E-state index is 13.3. The van der Waals surface area contributed by atoms with Crippen LogP contribution in [0.4, 0.5) is 10.1 Å². The minimum atomic E-state index is -0.381.